The van der Waals surface area contributed by atoms with Crippen molar-refractivity contribution >= 4 is 11.3 Å². The fourth-order valence-electron chi connectivity index (χ4n) is 3.09. The highest BCUT2D eigenvalue weighted by Crippen LogP contribution is 2.38. The molecule has 0 aromatic carbocycles. The predicted octanol–water partition coefficient (Wildman–Crippen LogP) is 1.63. The summed E-state index contributed by atoms with van der Waals surface area (Å²) in [5, 5.41) is 3.40. The van der Waals surface area contributed by atoms with E-state index in [-0.39, 0.29) is 0 Å². The lowest BCUT2D eigenvalue weighted by molar-refractivity contribution is 0.203. The van der Waals surface area contributed by atoms with Gasteiger partial charge in [0.05, 0.1) is 10.7 Å². The second-order valence-electron chi connectivity index (χ2n) is 5.03. The third-order valence-electron chi connectivity index (χ3n) is 3.85. The Bertz CT molecular complexity index is 363. The molecule has 2 atom stereocenters. The molecule has 4 heteroatoms. The van der Waals surface area contributed by atoms with Gasteiger partial charge in [0.2, 0.25) is 0 Å². The number of nitrogens with zero attached hydrogens (tertiary/aromatic N) is 2. The first kappa shape index (κ1) is 10.7. The van der Waals surface area contributed by atoms with Gasteiger partial charge in [-0.05, 0) is 31.7 Å². The van der Waals surface area contributed by atoms with Crippen molar-refractivity contribution in [3.05, 3.63) is 16.1 Å². The molecule has 2 N–H and O–H groups in total. The van der Waals surface area contributed by atoms with Crippen LogP contribution in [0.15, 0.2) is 5.38 Å². The molecule has 2 aliphatic rings. The number of likely N-dealkylation sites (tertiary alicyclic amines) is 1. The monoisotopic (exact) mass is 237 g/mol. The third kappa shape index (κ3) is 2.01. The van der Waals surface area contributed by atoms with Gasteiger partial charge in [0.15, 0.2) is 0 Å². The van der Waals surface area contributed by atoms with Crippen molar-refractivity contribution in [1.29, 1.82) is 0 Å². The van der Waals surface area contributed by atoms with E-state index in [0.29, 0.717) is 6.54 Å². The van der Waals surface area contributed by atoms with E-state index in [9.17, 15) is 0 Å². The summed E-state index contributed by atoms with van der Waals surface area (Å²) in [5.74, 6) is 0.979. The molecule has 3 nitrogen and oxygen atoms in total. The van der Waals surface area contributed by atoms with E-state index in [4.69, 9.17) is 5.73 Å². The molecule has 1 aliphatic heterocycles. The number of piperidine rings is 1. The van der Waals surface area contributed by atoms with Gasteiger partial charge in [-0.1, -0.05) is 0 Å². The van der Waals surface area contributed by atoms with Crippen molar-refractivity contribution in [1.82, 2.24) is 9.88 Å². The van der Waals surface area contributed by atoms with Crippen molar-refractivity contribution in [2.45, 2.75) is 38.3 Å². The lowest BCUT2D eigenvalue weighted by Crippen LogP contribution is -2.31. The van der Waals surface area contributed by atoms with Crippen LogP contribution in [0.2, 0.25) is 0 Å². The number of rotatable bonds is 4. The zero-order valence-electron chi connectivity index (χ0n) is 9.56. The van der Waals surface area contributed by atoms with E-state index in [1.807, 2.05) is 0 Å². The molecule has 3 rings (SSSR count). The summed E-state index contributed by atoms with van der Waals surface area (Å²) in [7, 11) is 0. The first-order valence-electron chi connectivity index (χ1n) is 6.22. The summed E-state index contributed by atoms with van der Waals surface area (Å²) in [5.41, 5.74) is 6.79. The summed E-state index contributed by atoms with van der Waals surface area (Å²) in [6.07, 6.45) is 5.22. The maximum absolute atomic E-state index is 5.54. The number of hydrogen-bond acceptors (Lipinski definition) is 4. The Morgan fingerprint density at radius 2 is 2.44 bits per heavy atom. The van der Waals surface area contributed by atoms with Gasteiger partial charge >= 0.3 is 0 Å². The zero-order chi connectivity index (χ0) is 11.0. The molecule has 0 spiro atoms. The first-order chi connectivity index (χ1) is 7.85. The molecular formula is C12H19N3S. The molecule has 1 saturated heterocycles. The maximum atomic E-state index is 5.54. The highest BCUT2D eigenvalue weighted by atomic mass is 32.1. The van der Waals surface area contributed by atoms with Crippen LogP contribution < -0.4 is 5.73 Å². The number of aromatic nitrogens is 1. The number of nitrogens with two attached hydrogens (primary N) is 1. The zero-order valence-corrected chi connectivity index (χ0v) is 10.4. The molecule has 0 radical (unpaired) electrons. The number of fused-ring (bicyclic) bond motifs is 2. The largest absolute Gasteiger partial charge is 0.330 e. The van der Waals surface area contributed by atoms with E-state index < -0.39 is 0 Å². The molecule has 1 saturated carbocycles. The third-order valence-corrected chi connectivity index (χ3v) is 4.80. The van der Waals surface area contributed by atoms with E-state index in [1.54, 1.807) is 11.3 Å². The van der Waals surface area contributed by atoms with Crippen LogP contribution in [0.3, 0.4) is 0 Å². The highest BCUT2D eigenvalue weighted by molar-refractivity contribution is 7.09. The van der Waals surface area contributed by atoms with Gasteiger partial charge in [-0.2, -0.15) is 0 Å². The quantitative estimate of drug-likeness (QED) is 0.865. The Morgan fingerprint density at radius 3 is 3.12 bits per heavy atom. The standard InChI is InChI=1S/C12H19N3S/c13-4-3-12-14-10(8-16-12)7-15-6-9-1-2-11(15)5-9/h8-9,11H,1-7,13H2. The van der Waals surface area contributed by atoms with Crippen molar-refractivity contribution in [2.24, 2.45) is 11.7 Å². The molecule has 2 bridgehead atoms. The average Bonchev–Trinajstić information content (AvgIpc) is 2.95. The van der Waals surface area contributed by atoms with Crippen LogP contribution in [-0.2, 0) is 13.0 Å². The summed E-state index contributed by atoms with van der Waals surface area (Å²) >= 11 is 1.76. The molecule has 1 aliphatic carbocycles. The van der Waals surface area contributed by atoms with Crippen LogP contribution in [0.1, 0.15) is 30.0 Å². The van der Waals surface area contributed by atoms with Crippen LogP contribution in [0.4, 0.5) is 0 Å². The topological polar surface area (TPSA) is 42.1 Å². The maximum Gasteiger partial charge on any atom is 0.0941 e. The van der Waals surface area contributed by atoms with E-state index >= 15 is 0 Å². The minimum absolute atomic E-state index is 0.710. The van der Waals surface area contributed by atoms with Gasteiger partial charge in [0, 0.05) is 30.9 Å². The summed E-state index contributed by atoms with van der Waals surface area (Å²) < 4.78 is 0. The molecule has 2 unspecified atom stereocenters. The molecule has 88 valence electrons. The fourth-order valence-corrected chi connectivity index (χ4v) is 3.89. The lowest BCUT2D eigenvalue weighted by atomic mass is 10.1. The van der Waals surface area contributed by atoms with Crippen molar-refractivity contribution < 1.29 is 0 Å². The van der Waals surface area contributed by atoms with Crippen molar-refractivity contribution in [3.8, 4) is 0 Å². The van der Waals surface area contributed by atoms with Gasteiger partial charge in [0.1, 0.15) is 0 Å². The Labute approximate surface area is 101 Å². The van der Waals surface area contributed by atoms with Crippen molar-refractivity contribution in [2.75, 3.05) is 13.1 Å². The van der Waals surface area contributed by atoms with Crippen molar-refractivity contribution in [3.63, 3.8) is 0 Å². The minimum atomic E-state index is 0.710. The van der Waals surface area contributed by atoms with Gasteiger partial charge in [-0.25, -0.2) is 4.98 Å². The first-order valence-corrected chi connectivity index (χ1v) is 7.10. The molecule has 0 amide bonds. The van der Waals surface area contributed by atoms with Crippen LogP contribution in [0.25, 0.3) is 0 Å². The smallest absolute Gasteiger partial charge is 0.0941 e. The number of thiazole rings is 1. The van der Waals surface area contributed by atoms with E-state index in [0.717, 1.165) is 24.9 Å². The Morgan fingerprint density at radius 1 is 1.50 bits per heavy atom. The normalized spacial score (nSPS) is 29.1. The van der Waals surface area contributed by atoms with Gasteiger partial charge < -0.3 is 5.73 Å². The Balaban J connectivity index is 1.61. The molecule has 2 heterocycles. The second kappa shape index (κ2) is 4.43. The second-order valence-corrected chi connectivity index (χ2v) is 5.98. The SMILES string of the molecule is NCCc1nc(CN2CC3CCC2C3)cs1. The summed E-state index contributed by atoms with van der Waals surface area (Å²) in [6.45, 7) is 3.07. The minimum Gasteiger partial charge on any atom is -0.330 e. The van der Waals surface area contributed by atoms with Crippen LogP contribution in [0.5, 0.6) is 0 Å². The summed E-state index contributed by atoms with van der Waals surface area (Å²) in [6, 6.07) is 0.852. The Hall–Kier alpha value is -0.450. The Kier molecular flexibility index (Phi) is 2.96. The molecule has 1 aromatic heterocycles. The molecule has 1 aromatic rings. The molecule has 2 fully saturated rings. The lowest BCUT2D eigenvalue weighted by Gasteiger charge is -2.25. The van der Waals surface area contributed by atoms with E-state index in [2.05, 4.69) is 15.3 Å². The predicted molar refractivity (Wildman–Crippen MR) is 66.4 cm³/mol. The highest BCUT2D eigenvalue weighted by Gasteiger charge is 2.37. The van der Waals surface area contributed by atoms with Gasteiger partial charge in [-0.15, -0.1) is 11.3 Å². The molecule has 16 heavy (non-hydrogen) atoms. The van der Waals surface area contributed by atoms with Crippen LogP contribution >= 0.6 is 11.3 Å². The van der Waals surface area contributed by atoms with Crippen LogP contribution in [-0.4, -0.2) is 29.0 Å². The number of hydrogen-bond donors (Lipinski definition) is 1. The summed E-state index contributed by atoms with van der Waals surface area (Å²) in [4.78, 5) is 7.26. The fraction of sp³-hybridized carbons (Fsp3) is 0.750. The van der Waals surface area contributed by atoms with Gasteiger partial charge in [0.25, 0.3) is 0 Å². The van der Waals surface area contributed by atoms with Gasteiger partial charge in [-0.3, -0.25) is 4.90 Å². The van der Waals surface area contributed by atoms with Crippen LogP contribution in [0, 0.1) is 5.92 Å². The molecular weight excluding hydrogens is 218 g/mol. The van der Waals surface area contributed by atoms with E-state index in [1.165, 1.54) is 36.5 Å². The average molecular weight is 237 g/mol.